The molecule has 0 spiro atoms. The first-order valence-corrected chi connectivity index (χ1v) is 42.7. The summed E-state index contributed by atoms with van der Waals surface area (Å²) in [6.07, 6.45) is 7.42. The van der Waals surface area contributed by atoms with Crippen molar-refractivity contribution in [3.05, 3.63) is 410 Å². The molecule has 25 rings (SSSR count). The van der Waals surface area contributed by atoms with Crippen LogP contribution in [0.15, 0.2) is 371 Å². The fourth-order valence-electron chi connectivity index (χ4n) is 20.1. The highest BCUT2D eigenvalue weighted by atomic mass is 15.2. The summed E-state index contributed by atoms with van der Waals surface area (Å²) in [5.41, 5.74) is 32.3. The van der Waals surface area contributed by atoms with Crippen LogP contribution in [0.25, 0.3) is 195 Å². The van der Waals surface area contributed by atoms with E-state index < -0.39 is 0 Å². The van der Waals surface area contributed by atoms with E-state index in [4.69, 9.17) is 39.9 Å². The van der Waals surface area contributed by atoms with E-state index >= 15 is 0 Å². The largest absolute Gasteiger partial charge is 0.309 e. The van der Waals surface area contributed by atoms with Gasteiger partial charge in [0.2, 0.25) is 5.95 Å². The highest BCUT2D eigenvalue weighted by molar-refractivity contribution is 6.21. The number of para-hydroxylation sites is 2. The Bertz CT molecular complexity index is 7990. The Labute approximate surface area is 723 Å². The molecule has 0 amide bonds. The number of hydrogen-bond donors (Lipinski definition) is 0. The van der Waals surface area contributed by atoms with Gasteiger partial charge in [-0.15, -0.1) is 0 Å². The number of aryl methyl sites for hydroxylation is 1. The molecule has 0 aliphatic heterocycles. The maximum absolute atomic E-state index is 4.95. The van der Waals surface area contributed by atoms with E-state index in [-0.39, 0.29) is 16.2 Å². The van der Waals surface area contributed by atoms with Crippen molar-refractivity contribution >= 4 is 76.2 Å². The quantitative estimate of drug-likeness (QED) is 0.139. The first kappa shape index (κ1) is 74.3. The molecule has 3 aliphatic carbocycles. The van der Waals surface area contributed by atoms with E-state index in [9.17, 15) is 0 Å². The van der Waals surface area contributed by atoms with Crippen molar-refractivity contribution in [2.45, 2.75) is 64.7 Å². The van der Waals surface area contributed by atoms with Gasteiger partial charge in [0.05, 0.1) is 38.7 Å². The molecule has 7 heterocycles. The van der Waals surface area contributed by atoms with Crippen LogP contribution in [0, 0.1) is 6.92 Å². The highest BCUT2D eigenvalue weighted by Gasteiger charge is 2.41. The van der Waals surface area contributed by atoms with Crippen molar-refractivity contribution in [3.8, 4) is 119 Å². The molecule has 0 saturated heterocycles. The predicted molar refractivity (Wildman–Crippen MR) is 510 cm³/mol. The molecule has 12 heteroatoms. The smallest absolute Gasteiger partial charge is 0.234 e. The average molecular weight is 1610 g/mol. The molecule has 3 aliphatic rings. The predicted octanol–water partition coefficient (Wildman–Crippen LogP) is 27.3. The monoisotopic (exact) mass is 1610 g/mol. The molecule has 0 unspecified atom stereocenters. The summed E-state index contributed by atoms with van der Waals surface area (Å²) in [6, 6.07) is 122. The molecule has 0 fully saturated rings. The molecule has 0 N–H and O–H groups in total. The van der Waals surface area contributed by atoms with Gasteiger partial charge in [-0.1, -0.05) is 308 Å². The van der Waals surface area contributed by atoms with Crippen LogP contribution < -0.4 is 0 Å². The van der Waals surface area contributed by atoms with Gasteiger partial charge >= 0.3 is 0 Å². The van der Waals surface area contributed by atoms with Crippen molar-refractivity contribution in [3.63, 3.8) is 0 Å². The van der Waals surface area contributed by atoms with E-state index in [0.29, 0.717) is 40.9 Å². The fourth-order valence-corrected chi connectivity index (χ4v) is 20.1. The summed E-state index contributed by atoms with van der Waals surface area (Å²) < 4.78 is 6.99. The zero-order valence-corrected chi connectivity index (χ0v) is 70.1. The molecule has 12 nitrogen and oxygen atoms in total. The molecule has 0 atom stereocenters. The number of nitrogens with zero attached hydrogens (tertiary/aromatic N) is 12. The summed E-state index contributed by atoms with van der Waals surface area (Å²) in [5, 5.41) is 10.0. The normalized spacial score (nSPS) is 13.4. The van der Waals surface area contributed by atoms with Crippen molar-refractivity contribution in [1.29, 1.82) is 0 Å². The third-order valence-corrected chi connectivity index (χ3v) is 26.2. The molecule has 0 saturated carbocycles. The summed E-state index contributed by atoms with van der Waals surface area (Å²) in [4.78, 5) is 43.4. The van der Waals surface area contributed by atoms with E-state index in [1.165, 1.54) is 138 Å². The first-order chi connectivity index (χ1) is 61.2. The molecule has 15 aromatic carbocycles. The van der Waals surface area contributed by atoms with Crippen LogP contribution in [0.3, 0.4) is 0 Å². The van der Waals surface area contributed by atoms with Crippen LogP contribution in [-0.4, -0.2) is 58.6 Å². The van der Waals surface area contributed by atoms with E-state index in [0.717, 1.165) is 55.5 Å². The van der Waals surface area contributed by atoms with Gasteiger partial charge in [0.1, 0.15) is 0 Å². The molecule has 0 bridgehead atoms. The molecule has 7 aromatic heterocycles. The number of pyridine rings is 1. The van der Waals surface area contributed by atoms with Gasteiger partial charge in [-0.3, -0.25) is 9.55 Å². The van der Waals surface area contributed by atoms with Crippen molar-refractivity contribution < 1.29 is 0 Å². The molecule has 594 valence electrons. The Morgan fingerprint density at radius 3 is 1.03 bits per heavy atom. The van der Waals surface area contributed by atoms with E-state index in [1.54, 1.807) is 0 Å². The Kier molecular flexibility index (Phi) is 17.2. The number of fused-ring (bicyclic) bond motifs is 22. The lowest BCUT2D eigenvalue weighted by atomic mass is 9.82. The lowest BCUT2D eigenvalue weighted by Crippen LogP contribution is -2.14. The van der Waals surface area contributed by atoms with Crippen LogP contribution in [0.1, 0.15) is 80.5 Å². The van der Waals surface area contributed by atoms with Gasteiger partial charge in [0.15, 0.2) is 34.9 Å². The van der Waals surface area contributed by atoms with Gasteiger partial charge in [-0.05, 0) is 164 Å². The lowest BCUT2D eigenvalue weighted by Gasteiger charge is -2.21. The maximum Gasteiger partial charge on any atom is 0.234 e. The average Bonchev–Trinajstić information content (AvgIpc) is 1.55. The van der Waals surface area contributed by atoms with E-state index in [2.05, 4.69) is 292 Å². The summed E-state index contributed by atoms with van der Waals surface area (Å²) in [6.45, 7) is 16.2. The lowest BCUT2D eigenvalue weighted by molar-refractivity contribution is 0.660. The van der Waals surface area contributed by atoms with Crippen molar-refractivity contribution in [1.82, 2.24) is 58.6 Å². The third kappa shape index (κ3) is 12.0. The Morgan fingerprint density at radius 1 is 0.240 bits per heavy atom. The minimum Gasteiger partial charge on any atom is -0.309 e. The Morgan fingerprint density at radius 2 is 0.584 bits per heavy atom. The van der Waals surface area contributed by atoms with Gasteiger partial charge in [-0.25, -0.2) is 39.9 Å². The second-order valence-corrected chi connectivity index (χ2v) is 34.5. The van der Waals surface area contributed by atoms with Gasteiger partial charge in [-0.2, -0.15) is 0 Å². The minimum absolute atomic E-state index is 0.000725. The van der Waals surface area contributed by atoms with Crippen molar-refractivity contribution in [2.75, 3.05) is 0 Å². The molecule has 0 radical (unpaired) electrons. The van der Waals surface area contributed by atoms with Crippen LogP contribution in [-0.2, 0) is 16.2 Å². The molecule has 22 aromatic rings. The zero-order valence-electron chi connectivity index (χ0n) is 70.1. The molecular weight excluding hydrogens is 1530 g/mol. The number of rotatable bonds is 9. The summed E-state index contributed by atoms with van der Waals surface area (Å²) >= 11 is 0. The second-order valence-electron chi connectivity index (χ2n) is 34.5. The van der Waals surface area contributed by atoms with Gasteiger partial charge in [0.25, 0.3) is 0 Å². The fraction of sp³-hybridized carbons (Fsp3) is 0.0885. The van der Waals surface area contributed by atoms with Crippen LogP contribution >= 0.6 is 0 Å². The summed E-state index contributed by atoms with van der Waals surface area (Å²) in [5.74, 6) is 4.31. The standard InChI is InChI=1S/C43H32N4.C40H28N6.C30H22N2/c1-27-18-24-36-33(26-27)39-37(25-23-35-38(39)32-16-10-11-17-34(32)43(35,2)3)47(36)31-21-19-30(20-22-31)42-45-40(28-12-6-4-7-13-28)44-41(46-42)29-14-8-5-9-15-29;1-40(2)30-19-11-9-17-28(30)34-31(40)21-22-33-35(34)29-18-10-12-20-32(29)46(33)39-41-23-27(24-42-39)38-44-36(25-13-5-3-6-14-25)43-37(45-38)26-15-7-4-8-16-26;1-30(2)24-9-5-3-7-22(24)28-25(30)13-14-27-29(28)23-8-4-6-10-26(23)32(27)21-12-11-20-18-31-16-15-19(20)17-21/h4-26H,1-3H3;3-24H,1-2H3;3-18H,1-2H3. The van der Waals surface area contributed by atoms with Gasteiger partial charge < -0.3 is 9.13 Å². The third-order valence-electron chi connectivity index (χ3n) is 26.2. The first-order valence-electron chi connectivity index (χ1n) is 42.7. The maximum atomic E-state index is 4.95. The minimum atomic E-state index is -0.0801. The molecule has 125 heavy (non-hydrogen) atoms. The molecular formula is C113H82N12. The highest BCUT2D eigenvalue weighted by Crippen LogP contribution is 2.57. The topological polar surface area (TPSA) is 131 Å². The number of benzene rings is 15. The SMILES string of the molecule is CC1(C)c2ccccc2-c2c1ccc1c2c2ccccc2n1-c1ccc2cnccc2c1.CC1(C)c2ccccc2-c2c1ccc1c2c2ccccc2n1-c1ncc(-c2nc(-c3ccccc3)nc(-c3ccccc3)n2)cn1.Cc1ccc2c(c1)c1c3c(ccc1n2-c1ccc(-c2nc(-c4ccccc4)nc(-c4ccccc4)n2)cc1)C(C)(C)c1ccccc1-3. The van der Waals surface area contributed by atoms with Crippen LogP contribution in [0.4, 0.5) is 0 Å². The number of aromatic nitrogens is 12. The Balaban J connectivity index is 0.000000110. The van der Waals surface area contributed by atoms with Gasteiger partial charge in [0, 0.05) is 118 Å². The zero-order chi connectivity index (χ0) is 84.0. The summed E-state index contributed by atoms with van der Waals surface area (Å²) in [7, 11) is 0. The second kappa shape index (κ2) is 29.0. The van der Waals surface area contributed by atoms with Crippen LogP contribution in [0.2, 0.25) is 0 Å². The number of hydrogen-bond acceptors (Lipinski definition) is 9. The van der Waals surface area contributed by atoms with Crippen molar-refractivity contribution in [2.24, 2.45) is 0 Å². The van der Waals surface area contributed by atoms with E-state index in [1.807, 2.05) is 146 Å². The van der Waals surface area contributed by atoms with Crippen LogP contribution in [0.5, 0.6) is 0 Å². The Hall–Kier alpha value is -15.8.